The van der Waals surface area contributed by atoms with Crippen molar-refractivity contribution in [2.75, 3.05) is 19.0 Å². The number of halogens is 1. The molecule has 3 aromatic carbocycles. The molecule has 0 aliphatic carbocycles. The van der Waals surface area contributed by atoms with E-state index < -0.39 is 17.1 Å². The number of rotatable bonds is 8. The smallest absolute Gasteiger partial charge is 0.294 e. The number of carbonyl (C=O) groups is 3. The molecule has 3 aromatic rings. The fraction of sp³-hybridized carbons (Fsp3) is 0.172. The van der Waals surface area contributed by atoms with Crippen molar-refractivity contribution < 1.29 is 23.9 Å². The molecule has 4 rings (SSSR count). The summed E-state index contributed by atoms with van der Waals surface area (Å²) in [5.74, 6) is -0.0592. The number of nitriles is 1. The summed E-state index contributed by atoms with van der Waals surface area (Å²) in [7, 11) is 1.51. The summed E-state index contributed by atoms with van der Waals surface area (Å²) in [5, 5.41) is 11.6. The first-order valence-electron chi connectivity index (χ1n) is 11.8. The zero-order valence-corrected chi connectivity index (χ0v) is 24.4. The number of thioether (sulfide) groups is 1. The standard InChI is InChI=1S/C29H24IN3O5S/c1-17-8-18(2)10-22(9-17)32-26(34)15-33-28(35)25(39-29(33)36)13-19-11-23(30)27(24(12-19)37-3)38-16-21-7-5-4-6-20(21)14-31/h4-13H,15-16H2,1-3H3,(H,32,34)/b25-13+. The molecule has 1 aliphatic heterocycles. The van der Waals surface area contributed by atoms with E-state index in [0.29, 0.717) is 28.3 Å². The molecule has 8 nitrogen and oxygen atoms in total. The van der Waals surface area contributed by atoms with Crippen LogP contribution >= 0.6 is 34.4 Å². The van der Waals surface area contributed by atoms with Gasteiger partial charge in [0.2, 0.25) is 5.91 Å². The quantitative estimate of drug-likeness (QED) is 0.233. The minimum absolute atomic E-state index is 0.179. The molecular formula is C29H24IN3O5S. The van der Waals surface area contributed by atoms with Crippen molar-refractivity contribution >= 4 is 63.2 Å². The molecule has 0 radical (unpaired) electrons. The van der Waals surface area contributed by atoms with Crippen molar-refractivity contribution in [1.29, 1.82) is 5.26 Å². The highest BCUT2D eigenvalue weighted by molar-refractivity contribution is 14.1. The number of anilines is 1. The normalized spacial score (nSPS) is 13.9. The summed E-state index contributed by atoms with van der Waals surface area (Å²) < 4.78 is 12.2. The van der Waals surface area contributed by atoms with Crippen LogP contribution in [0.1, 0.15) is 27.8 Å². The van der Waals surface area contributed by atoms with E-state index in [1.165, 1.54) is 7.11 Å². The SMILES string of the molecule is COc1cc(/C=C2/SC(=O)N(CC(=O)Nc3cc(C)cc(C)c3)C2=O)cc(I)c1OCc1ccccc1C#N. The minimum Gasteiger partial charge on any atom is -0.493 e. The zero-order chi connectivity index (χ0) is 28.1. The minimum atomic E-state index is -0.539. The number of hydrogen-bond donors (Lipinski definition) is 1. The Morgan fingerprint density at radius 1 is 1.13 bits per heavy atom. The number of imide groups is 1. The van der Waals surface area contributed by atoms with E-state index in [1.807, 2.05) is 44.2 Å². The summed E-state index contributed by atoms with van der Waals surface area (Å²) >= 11 is 2.88. The van der Waals surface area contributed by atoms with Crippen molar-refractivity contribution in [3.8, 4) is 17.6 Å². The second-order valence-corrected chi connectivity index (χ2v) is 10.9. The van der Waals surface area contributed by atoms with E-state index in [2.05, 4.69) is 34.0 Å². The first-order valence-corrected chi connectivity index (χ1v) is 13.7. The molecule has 1 saturated heterocycles. The number of nitrogens with one attached hydrogen (secondary N) is 1. The van der Waals surface area contributed by atoms with E-state index in [9.17, 15) is 19.6 Å². The summed E-state index contributed by atoms with van der Waals surface area (Å²) in [6.07, 6.45) is 1.59. The van der Waals surface area contributed by atoms with Crippen LogP contribution in [0.15, 0.2) is 59.5 Å². The number of methoxy groups -OCH3 is 1. The van der Waals surface area contributed by atoms with Gasteiger partial charge in [0.25, 0.3) is 11.1 Å². The Balaban J connectivity index is 1.48. The monoisotopic (exact) mass is 653 g/mol. The summed E-state index contributed by atoms with van der Waals surface area (Å²) in [6.45, 7) is 3.64. The predicted octanol–water partition coefficient (Wildman–Crippen LogP) is 6.04. The van der Waals surface area contributed by atoms with E-state index in [0.717, 1.165) is 36.9 Å². The Kier molecular flexibility index (Phi) is 8.93. The Morgan fingerprint density at radius 2 is 1.85 bits per heavy atom. The summed E-state index contributed by atoms with van der Waals surface area (Å²) in [6, 6.07) is 18.5. The molecule has 0 bridgehead atoms. The van der Waals surface area contributed by atoms with Gasteiger partial charge >= 0.3 is 0 Å². The van der Waals surface area contributed by atoms with Crippen LogP contribution in [0.4, 0.5) is 10.5 Å². The lowest BCUT2D eigenvalue weighted by molar-refractivity contribution is -0.127. The Bertz CT molecular complexity index is 1530. The third-order valence-corrected chi connectivity index (χ3v) is 7.45. The number of hydrogen-bond acceptors (Lipinski definition) is 7. The molecule has 3 amide bonds. The fourth-order valence-corrected chi connectivity index (χ4v) is 5.67. The van der Waals surface area contributed by atoms with Gasteiger partial charge in [0, 0.05) is 11.3 Å². The van der Waals surface area contributed by atoms with Gasteiger partial charge in [-0.25, -0.2) is 0 Å². The topological polar surface area (TPSA) is 109 Å². The average Bonchev–Trinajstić information content (AvgIpc) is 3.14. The fourth-order valence-electron chi connectivity index (χ4n) is 4.05. The molecule has 1 heterocycles. The van der Waals surface area contributed by atoms with Crippen LogP contribution in [0.25, 0.3) is 6.08 Å². The highest BCUT2D eigenvalue weighted by Crippen LogP contribution is 2.37. The summed E-state index contributed by atoms with van der Waals surface area (Å²) in [5.41, 5.74) is 4.51. The number of benzene rings is 3. The summed E-state index contributed by atoms with van der Waals surface area (Å²) in [4.78, 5) is 39.3. The highest BCUT2D eigenvalue weighted by atomic mass is 127. The average molecular weight is 653 g/mol. The predicted molar refractivity (Wildman–Crippen MR) is 158 cm³/mol. The van der Waals surface area contributed by atoms with Gasteiger partial charge in [-0.1, -0.05) is 24.3 Å². The molecule has 1 aliphatic rings. The van der Waals surface area contributed by atoms with Crippen LogP contribution in [0.2, 0.25) is 0 Å². The third kappa shape index (κ3) is 6.79. The lowest BCUT2D eigenvalue weighted by atomic mass is 10.1. The van der Waals surface area contributed by atoms with Crippen molar-refractivity contribution in [3.63, 3.8) is 0 Å². The molecule has 0 unspecified atom stereocenters. The largest absolute Gasteiger partial charge is 0.493 e. The van der Waals surface area contributed by atoms with Crippen LogP contribution in [0, 0.1) is 28.7 Å². The van der Waals surface area contributed by atoms with Crippen molar-refractivity contribution in [2.24, 2.45) is 0 Å². The van der Waals surface area contributed by atoms with Gasteiger partial charge in [-0.05, 0) is 101 Å². The second-order valence-electron chi connectivity index (χ2n) is 8.78. The van der Waals surface area contributed by atoms with E-state index in [-0.39, 0.29) is 18.1 Å². The van der Waals surface area contributed by atoms with Crippen LogP contribution in [0.5, 0.6) is 11.5 Å². The van der Waals surface area contributed by atoms with Gasteiger partial charge < -0.3 is 14.8 Å². The van der Waals surface area contributed by atoms with Gasteiger partial charge in [-0.3, -0.25) is 19.3 Å². The van der Waals surface area contributed by atoms with E-state index >= 15 is 0 Å². The highest BCUT2D eigenvalue weighted by Gasteiger charge is 2.36. The van der Waals surface area contributed by atoms with Crippen LogP contribution in [-0.2, 0) is 16.2 Å². The van der Waals surface area contributed by atoms with Gasteiger partial charge in [0.15, 0.2) is 11.5 Å². The van der Waals surface area contributed by atoms with Crippen molar-refractivity contribution in [1.82, 2.24) is 4.90 Å². The maximum absolute atomic E-state index is 13.0. The lowest BCUT2D eigenvalue weighted by Crippen LogP contribution is -2.36. The molecule has 1 fully saturated rings. The maximum Gasteiger partial charge on any atom is 0.294 e. The molecule has 198 valence electrons. The van der Waals surface area contributed by atoms with E-state index in [4.69, 9.17) is 9.47 Å². The molecule has 0 saturated carbocycles. The van der Waals surface area contributed by atoms with Crippen LogP contribution < -0.4 is 14.8 Å². The molecule has 10 heteroatoms. The zero-order valence-electron chi connectivity index (χ0n) is 21.4. The number of aryl methyl sites for hydroxylation is 2. The Labute approximate surface area is 244 Å². The lowest BCUT2D eigenvalue weighted by Gasteiger charge is -2.14. The molecule has 0 spiro atoms. The third-order valence-electron chi connectivity index (χ3n) is 5.74. The molecule has 0 aromatic heterocycles. The van der Waals surface area contributed by atoms with Gasteiger partial charge in [0.1, 0.15) is 13.2 Å². The number of ether oxygens (including phenoxy) is 2. The second kappa shape index (κ2) is 12.4. The number of nitrogens with zero attached hydrogens (tertiary/aromatic N) is 2. The maximum atomic E-state index is 13.0. The Hall–Kier alpha value is -3.82. The number of carbonyl (C=O) groups excluding carboxylic acids is 3. The molecule has 0 atom stereocenters. The molecule has 39 heavy (non-hydrogen) atoms. The van der Waals surface area contributed by atoms with Crippen molar-refractivity contribution in [3.05, 3.63) is 90.9 Å². The van der Waals surface area contributed by atoms with Gasteiger partial charge in [-0.15, -0.1) is 0 Å². The van der Waals surface area contributed by atoms with E-state index in [1.54, 1.807) is 30.3 Å². The first-order chi connectivity index (χ1) is 18.7. The first kappa shape index (κ1) is 28.2. The molecule has 1 N–H and O–H groups in total. The van der Waals surface area contributed by atoms with Crippen LogP contribution in [0.3, 0.4) is 0 Å². The van der Waals surface area contributed by atoms with Crippen LogP contribution in [-0.4, -0.2) is 35.6 Å². The van der Waals surface area contributed by atoms with Gasteiger partial charge in [-0.2, -0.15) is 5.26 Å². The van der Waals surface area contributed by atoms with Crippen molar-refractivity contribution in [2.45, 2.75) is 20.5 Å². The number of amides is 3. The Morgan fingerprint density at radius 3 is 2.54 bits per heavy atom. The molecular weight excluding hydrogens is 629 g/mol. The van der Waals surface area contributed by atoms with Gasteiger partial charge in [0.05, 0.1) is 27.2 Å².